The number of benzene rings is 1. The Bertz CT molecular complexity index is 421. The molecule has 0 spiro atoms. The molecule has 1 rings (SSSR count). The van der Waals surface area contributed by atoms with Crippen LogP contribution in [0.4, 0.5) is 5.69 Å². The van der Waals surface area contributed by atoms with E-state index < -0.39 is 12.2 Å². The summed E-state index contributed by atoms with van der Waals surface area (Å²) in [7, 11) is -2.17. The van der Waals surface area contributed by atoms with Crippen LogP contribution in [0.25, 0.3) is 0 Å². The molecule has 0 saturated heterocycles. The van der Waals surface area contributed by atoms with E-state index in [1.54, 1.807) is 6.07 Å². The van der Waals surface area contributed by atoms with Crippen LogP contribution in [0.15, 0.2) is 18.2 Å². The Morgan fingerprint density at radius 3 is 2.20 bits per heavy atom. The number of hydrogen-bond donors (Lipinski definition) is 3. The van der Waals surface area contributed by atoms with Crippen LogP contribution in [0.1, 0.15) is 19.4 Å². The molecule has 0 aliphatic rings. The molecule has 0 aromatic heterocycles. The zero-order chi connectivity index (χ0) is 15.0. The van der Waals surface area contributed by atoms with E-state index in [1.807, 2.05) is 13.8 Å². The molecule has 0 amide bonds. The fourth-order valence-corrected chi connectivity index (χ4v) is 1.08. The van der Waals surface area contributed by atoms with Crippen LogP contribution < -0.4 is 29.6 Å². The van der Waals surface area contributed by atoms with Crippen LogP contribution in [0.5, 0.6) is 0 Å². The summed E-state index contributed by atoms with van der Waals surface area (Å²) in [6.07, 6.45) is 0.312. The molecule has 0 fully saturated rings. The number of ketones is 1. The number of non-ortho nitro benzene ring substituents is 1. The van der Waals surface area contributed by atoms with Crippen LogP contribution in [-0.2, 0) is 11.2 Å². The van der Waals surface area contributed by atoms with Crippen molar-refractivity contribution in [1.82, 2.24) is 0 Å². The predicted octanol–water partition coefficient (Wildman–Crippen LogP) is -2.89. The van der Waals surface area contributed by atoms with Crippen molar-refractivity contribution in [1.29, 1.82) is 0 Å². The van der Waals surface area contributed by atoms with Crippen LogP contribution in [0.3, 0.4) is 0 Å². The average molecular weight is 291 g/mol. The Morgan fingerprint density at radius 1 is 1.40 bits per heavy atom. The van der Waals surface area contributed by atoms with Gasteiger partial charge in [-0.25, -0.2) is 0 Å². The summed E-state index contributed by atoms with van der Waals surface area (Å²) < 4.78 is 0. The van der Waals surface area contributed by atoms with Crippen molar-refractivity contribution < 1.29 is 54.3 Å². The fourth-order valence-electron chi connectivity index (χ4n) is 1.08. The first kappa shape index (κ1) is 21.5. The molecule has 0 aliphatic heterocycles. The number of nitro benzene ring substituents is 1. The van der Waals surface area contributed by atoms with Gasteiger partial charge in [0, 0.05) is 10.8 Å². The molecule has 0 unspecified atom stereocenters. The molecule has 0 heterocycles. The van der Waals surface area contributed by atoms with Crippen LogP contribution >= 0.6 is 0 Å². The number of Topliss-reactive ketones (excluding diaryl/α,β-unsaturated/α-hetero) is 1. The number of carbonyl (C=O) groups is 1. The number of nitrogens with zero attached hydrogens (tertiary/aromatic N) is 1. The second-order valence-electron chi connectivity index (χ2n) is 3.98. The van der Waals surface area contributed by atoms with Gasteiger partial charge in [0.1, 0.15) is 5.78 Å². The Morgan fingerprint density at radius 2 is 1.90 bits per heavy atom. The van der Waals surface area contributed by atoms with Crippen molar-refractivity contribution in [2.75, 3.05) is 0 Å². The molecule has 20 heavy (non-hydrogen) atoms. The second-order valence-corrected chi connectivity index (χ2v) is 3.98. The topological polar surface area (TPSA) is 121 Å². The zero-order valence-electron chi connectivity index (χ0n) is 11.6. The van der Waals surface area contributed by atoms with Crippen molar-refractivity contribution in [3.05, 3.63) is 39.9 Å². The molecule has 7 nitrogen and oxygen atoms in total. The molecule has 3 N–H and O–H groups in total. The number of nitro groups is 1. The maximum absolute atomic E-state index is 11.4. The monoisotopic (exact) mass is 291 g/mol. The van der Waals surface area contributed by atoms with Gasteiger partial charge >= 0.3 is 36.9 Å². The molecule has 9 heteroatoms. The summed E-state index contributed by atoms with van der Waals surface area (Å²) >= 11 is 0. The molecule has 1 aromatic carbocycles. The van der Waals surface area contributed by atoms with E-state index in [0.717, 1.165) is 5.56 Å². The second kappa shape index (κ2) is 11.0. The van der Waals surface area contributed by atoms with Gasteiger partial charge in [-0.1, -0.05) is 19.9 Å². The first-order valence-electron chi connectivity index (χ1n) is 5.46. The summed E-state index contributed by atoms with van der Waals surface area (Å²) in [6, 6.07) is 6.98. The van der Waals surface area contributed by atoms with Gasteiger partial charge in [-0.3, -0.25) is 10.1 Å². The first-order valence-corrected chi connectivity index (χ1v) is 5.46. The van der Waals surface area contributed by atoms with Gasteiger partial charge in [0.25, 0.3) is 0 Å². The van der Waals surface area contributed by atoms with Gasteiger partial charge in [-0.15, -0.1) is 11.6 Å². The summed E-state index contributed by atoms with van der Waals surface area (Å²) in [5.74, 6) is 0.109. The summed E-state index contributed by atoms with van der Waals surface area (Å²) in [5.41, 5.74) is 0.690. The third kappa shape index (κ3) is 10.1. The molecule has 0 atom stereocenters. The summed E-state index contributed by atoms with van der Waals surface area (Å²) in [5, 5.41) is 31.9. The molecule has 0 radical (unpaired) electrons. The number of carbonyl (C=O) groups excluding carboxylic acids is 1. The molecule has 0 saturated carbocycles. The van der Waals surface area contributed by atoms with E-state index in [0.29, 0.717) is 6.42 Å². The minimum atomic E-state index is -2.17. The largest absolute Gasteiger partial charge is 1.00 e. The third-order valence-corrected chi connectivity index (χ3v) is 2.08. The Kier molecular flexibility index (Phi) is 11.8. The SMILES string of the molecule is CC(C)C(=O)Cc1c[c-]c([N+](=O)[O-])cc1.OB(O)O.[Na+]. The van der Waals surface area contributed by atoms with Gasteiger partial charge in [0.05, 0.1) is 0 Å². The zero-order valence-corrected chi connectivity index (χ0v) is 13.6. The number of rotatable bonds is 4. The van der Waals surface area contributed by atoms with Crippen molar-refractivity contribution >= 4 is 18.8 Å². The normalized spacial score (nSPS) is 9.10. The molecular formula is C11H15BNNaO6. The van der Waals surface area contributed by atoms with Crippen molar-refractivity contribution in [2.24, 2.45) is 5.92 Å². The fraction of sp³-hybridized carbons (Fsp3) is 0.364. The van der Waals surface area contributed by atoms with Gasteiger partial charge in [-0.2, -0.15) is 12.1 Å². The van der Waals surface area contributed by atoms with Crippen molar-refractivity contribution in [3.63, 3.8) is 0 Å². The maximum atomic E-state index is 11.4. The van der Waals surface area contributed by atoms with E-state index in [2.05, 4.69) is 6.07 Å². The van der Waals surface area contributed by atoms with E-state index in [-0.39, 0.29) is 46.9 Å². The summed E-state index contributed by atoms with van der Waals surface area (Å²) in [6.45, 7) is 3.66. The number of hydrogen-bond acceptors (Lipinski definition) is 6. The Labute approximate surface area is 139 Å². The molecule has 104 valence electrons. The molecular weight excluding hydrogens is 276 g/mol. The first-order chi connectivity index (χ1) is 8.73. The van der Waals surface area contributed by atoms with Crippen LogP contribution in [-0.4, -0.2) is 33.1 Å². The maximum Gasteiger partial charge on any atom is 1.00 e. The van der Waals surface area contributed by atoms with Gasteiger partial charge in [0.15, 0.2) is 5.69 Å². The standard InChI is InChI=1S/C11H12NO3.BH3O3.Na/c1-8(2)11(13)7-9-3-5-10(6-4-9)12(14)15;2-1(3)4;/h3-5,8H,7H2,1-2H3;2-4H;/q-1;;+1. The Balaban J connectivity index is 0. The van der Waals surface area contributed by atoms with Crippen molar-refractivity contribution in [3.8, 4) is 0 Å². The minimum Gasteiger partial charge on any atom is -0.402 e. The predicted molar refractivity (Wildman–Crippen MR) is 67.9 cm³/mol. The van der Waals surface area contributed by atoms with Gasteiger partial charge in [-0.05, 0) is 6.42 Å². The Hall–Kier alpha value is -0.765. The van der Waals surface area contributed by atoms with E-state index in [9.17, 15) is 14.9 Å². The smallest absolute Gasteiger partial charge is 0.402 e. The van der Waals surface area contributed by atoms with Crippen LogP contribution in [0, 0.1) is 22.1 Å². The van der Waals surface area contributed by atoms with E-state index in [1.165, 1.54) is 12.1 Å². The van der Waals surface area contributed by atoms with Crippen molar-refractivity contribution in [2.45, 2.75) is 20.3 Å². The third-order valence-electron chi connectivity index (χ3n) is 2.08. The minimum absolute atomic E-state index is 0. The quantitative estimate of drug-likeness (QED) is 0.237. The molecule has 0 aliphatic carbocycles. The van der Waals surface area contributed by atoms with E-state index in [4.69, 9.17) is 15.1 Å². The van der Waals surface area contributed by atoms with Crippen LogP contribution in [0.2, 0.25) is 0 Å². The molecule has 1 aromatic rings. The van der Waals surface area contributed by atoms with Gasteiger partial charge < -0.3 is 19.9 Å². The molecule has 0 bridgehead atoms. The van der Waals surface area contributed by atoms with Gasteiger partial charge in [0.2, 0.25) is 0 Å². The average Bonchev–Trinajstić information content (AvgIpc) is 2.28. The van der Waals surface area contributed by atoms with E-state index >= 15 is 0 Å². The summed E-state index contributed by atoms with van der Waals surface area (Å²) in [4.78, 5) is 21.2.